The molecular weight excluding hydrogens is 244 g/mol. The van der Waals surface area contributed by atoms with Gasteiger partial charge in [0.1, 0.15) is 5.75 Å². The fourth-order valence-corrected chi connectivity index (χ4v) is 2.23. The highest BCUT2D eigenvalue weighted by Gasteiger charge is 2.04. The molecule has 0 saturated heterocycles. The summed E-state index contributed by atoms with van der Waals surface area (Å²) in [6.07, 6.45) is 2.12. The lowest BCUT2D eigenvalue weighted by Gasteiger charge is -2.12. The molecule has 0 saturated carbocycles. The zero-order valence-electron chi connectivity index (χ0n) is 12.7. The molecule has 0 amide bonds. The number of hydrogen-bond acceptors (Lipinski definition) is 1. The van der Waals surface area contributed by atoms with Gasteiger partial charge in [-0.3, -0.25) is 0 Å². The molecule has 0 bridgehead atoms. The van der Waals surface area contributed by atoms with E-state index in [1.54, 1.807) is 0 Å². The highest BCUT2D eigenvalue weighted by molar-refractivity contribution is 5.37. The highest BCUT2D eigenvalue weighted by Crippen LogP contribution is 2.24. The van der Waals surface area contributed by atoms with Crippen LogP contribution >= 0.6 is 0 Å². The van der Waals surface area contributed by atoms with Gasteiger partial charge in [-0.05, 0) is 48.4 Å². The topological polar surface area (TPSA) is 9.23 Å². The summed E-state index contributed by atoms with van der Waals surface area (Å²) in [7, 11) is 0. The SMILES string of the molecule is Cc1ccc(C(C)C)cc1OCCCc1ccccc1. The van der Waals surface area contributed by atoms with Crippen molar-refractivity contribution in [1.82, 2.24) is 0 Å². The molecule has 0 radical (unpaired) electrons. The summed E-state index contributed by atoms with van der Waals surface area (Å²) in [4.78, 5) is 0. The Morgan fingerprint density at radius 2 is 1.75 bits per heavy atom. The average molecular weight is 268 g/mol. The minimum Gasteiger partial charge on any atom is -0.493 e. The zero-order chi connectivity index (χ0) is 14.4. The van der Waals surface area contributed by atoms with Gasteiger partial charge < -0.3 is 4.74 Å². The third kappa shape index (κ3) is 4.12. The quantitative estimate of drug-likeness (QED) is 0.660. The molecule has 0 atom stereocenters. The van der Waals surface area contributed by atoms with E-state index >= 15 is 0 Å². The normalized spacial score (nSPS) is 10.8. The summed E-state index contributed by atoms with van der Waals surface area (Å²) >= 11 is 0. The Balaban J connectivity index is 1.86. The van der Waals surface area contributed by atoms with Crippen LogP contribution in [0.3, 0.4) is 0 Å². The van der Waals surface area contributed by atoms with Crippen molar-refractivity contribution in [3.63, 3.8) is 0 Å². The van der Waals surface area contributed by atoms with E-state index in [4.69, 9.17) is 4.74 Å². The molecule has 2 rings (SSSR count). The predicted octanol–water partition coefficient (Wildman–Crippen LogP) is 5.13. The van der Waals surface area contributed by atoms with Gasteiger partial charge in [-0.25, -0.2) is 0 Å². The summed E-state index contributed by atoms with van der Waals surface area (Å²) in [6.45, 7) is 7.31. The van der Waals surface area contributed by atoms with E-state index in [2.05, 4.69) is 69.3 Å². The van der Waals surface area contributed by atoms with Crippen LogP contribution in [0.4, 0.5) is 0 Å². The lowest BCUT2D eigenvalue weighted by molar-refractivity contribution is 0.308. The van der Waals surface area contributed by atoms with E-state index < -0.39 is 0 Å². The van der Waals surface area contributed by atoms with Crippen LogP contribution in [-0.4, -0.2) is 6.61 Å². The van der Waals surface area contributed by atoms with Crippen LogP contribution < -0.4 is 4.74 Å². The Hall–Kier alpha value is -1.76. The molecule has 0 aliphatic carbocycles. The lowest BCUT2D eigenvalue weighted by atomic mass is 10.0. The molecule has 0 N–H and O–H groups in total. The molecule has 1 nitrogen and oxygen atoms in total. The van der Waals surface area contributed by atoms with Crippen LogP contribution in [0, 0.1) is 6.92 Å². The third-order valence-electron chi connectivity index (χ3n) is 3.59. The standard InChI is InChI=1S/C19H24O/c1-15(2)18-12-11-16(3)19(14-18)20-13-7-10-17-8-5-4-6-9-17/h4-6,8-9,11-12,14-15H,7,10,13H2,1-3H3. The van der Waals surface area contributed by atoms with E-state index in [1.165, 1.54) is 16.7 Å². The van der Waals surface area contributed by atoms with Crippen molar-refractivity contribution >= 4 is 0 Å². The number of aryl methyl sites for hydroxylation is 2. The van der Waals surface area contributed by atoms with Gasteiger partial charge in [0, 0.05) is 0 Å². The summed E-state index contributed by atoms with van der Waals surface area (Å²) in [6, 6.07) is 17.1. The van der Waals surface area contributed by atoms with Crippen molar-refractivity contribution < 1.29 is 4.74 Å². The fraction of sp³-hybridized carbons (Fsp3) is 0.368. The van der Waals surface area contributed by atoms with E-state index in [1.807, 2.05) is 0 Å². The number of rotatable bonds is 6. The molecule has 2 aromatic carbocycles. The average Bonchev–Trinajstić information content (AvgIpc) is 2.46. The first-order chi connectivity index (χ1) is 9.66. The largest absolute Gasteiger partial charge is 0.493 e. The van der Waals surface area contributed by atoms with Crippen LogP contribution in [0.2, 0.25) is 0 Å². The van der Waals surface area contributed by atoms with Crippen LogP contribution in [0.5, 0.6) is 5.75 Å². The second kappa shape index (κ2) is 7.14. The maximum absolute atomic E-state index is 5.95. The van der Waals surface area contributed by atoms with Gasteiger partial charge in [-0.15, -0.1) is 0 Å². The molecule has 1 heteroatoms. The van der Waals surface area contributed by atoms with Crippen molar-refractivity contribution in [3.05, 3.63) is 65.2 Å². The predicted molar refractivity (Wildman–Crippen MR) is 85.5 cm³/mol. The second-order valence-corrected chi connectivity index (χ2v) is 5.62. The molecule has 0 fully saturated rings. The Labute approximate surface area is 122 Å². The van der Waals surface area contributed by atoms with Gasteiger partial charge in [-0.2, -0.15) is 0 Å². The molecule has 0 aliphatic heterocycles. The van der Waals surface area contributed by atoms with E-state index in [0.29, 0.717) is 5.92 Å². The van der Waals surface area contributed by atoms with Gasteiger partial charge >= 0.3 is 0 Å². The maximum atomic E-state index is 5.95. The molecule has 0 aliphatic rings. The van der Waals surface area contributed by atoms with Crippen molar-refractivity contribution in [3.8, 4) is 5.75 Å². The number of hydrogen-bond donors (Lipinski definition) is 0. The van der Waals surface area contributed by atoms with E-state index in [-0.39, 0.29) is 0 Å². The molecule has 2 aromatic rings. The van der Waals surface area contributed by atoms with E-state index in [9.17, 15) is 0 Å². The van der Waals surface area contributed by atoms with Crippen LogP contribution in [-0.2, 0) is 6.42 Å². The fourth-order valence-electron chi connectivity index (χ4n) is 2.23. The van der Waals surface area contributed by atoms with Gasteiger partial charge in [0.05, 0.1) is 6.61 Å². The second-order valence-electron chi connectivity index (χ2n) is 5.62. The van der Waals surface area contributed by atoms with Gasteiger partial charge in [0.2, 0.25) is 0 Å². The van der Waals surface area contributed by atoms with Gasteiger partial charge in [0.15, 0.2) is 0 Å². The van der Waals surface area contributed by atoms with Gasteiger partial charge in [-0.1, -0.05) is 56.3 Å². The van der Waals surface area contributed by atoms with Crippen LogP contribution in [0.15, 0.2) is 48.5 Å². The van der Waals surface area contributed by atoms with Crippen molar-refractivity contribution in [2.75, 3.05) is 6.61 Å². The Morgan fingerprint density at radius 1 is 1.00 bits per heavy atom. The zero-order valence-corrected chi connectivity index (χ0v) is 12.7. The molecule has 20 heavy (non-hydrogen) atoms. The molecule has 0 unspecified atom stereocenters. The first-order valence-corrected chi connectivity index (χ1v) is 7.44. The van der Waals surface area contributed by atoms with Crippen molar-refractivity contribution in [1.29, 1.82) is 0 Å². The van der Waals surface area contributed by atoms with Crippen LogP contribution in [0.25, 0.3) is 0 Å². The smallest absolute Gasteiger partial charge is 0.122 e. The molecular formula is C19H24O. The monoisotopic (exact) mass is 268 g/mol. The number of ether oxygens (including phenoxy) is 1. The first kappa shape index (κ1) is 14.6. The van der Waals surface area contributed by atoms with Crippen molar-refractivity contribution in [2.45, 2.75) is 39.5 Å². The highest BCUT2D eigenvalue weighted by atomic mass is 16.5. The summed E-state index contributed by atoms with van der Waals surface area (Å²) in [5.41, 5.74) is 3.94. The van der Waals surface area contributed by atoms with Gasteiger partial charge in [0.25, 0.3) is 0 Å². The van der Waals surface area contributed by atoms with Crippen LogP contribution in [0.1, 0.15) is 42.9 Å². The Bertz CT molecular complexity index is 529. The summed E-state index contributed by atoms with van der Waals surface area (Å²) in [5, 5.41) is 0. The first-order valence-electron chi connectivity index (χ1n) is 7.44. The Morgan fingerprint density at radius 3 is 2.45 bits per heavy atom. The summed E-state index contributed by atoms with van der Waals surface area (Å²) in [5.74, 6) is 1.58. The maximum Gasteiger partial charge on any atom is 0.122 e. The lowest BCUT2D eigenvalue weighted by Crippen LogP contribution is -2.01. The molecule has 106 valence electrons. The Kier molecular flexibility index (Phi) is 5.23. The number of benzene rings is 2. The minimum absolute atomic E-state index is 0.544. The summed E-state index contributed by atoms with van der Waals surface area (Å²) < 4.78 is 5.95. The minimum atomic E-state index is 0.544. The van der Waals surface area contributed by atoms with Crippen molar-refractivity contribution in [2.24, 2.45) is 0 Å². The molecule has 0 spiro atoms. The third-order valence-corrected chi connectivity index (χ3v) is 3.59. The van der Waals surface area contributed by atoms with E-state index in [0.717, 1.165) is 25.2 Å². The molecule has 0 aromatic heterocycles. The molecule has 0 heterocycles.